The van der Waals surface area contributed by atoms with E-state index >= 15 is 0 Å². The van der Waals surface area contributed by atoms with Gasteiger partial charge < -0.3 is 14.2 Å². The summed E-state index contributed by atoms with van der Waals surface area (Å²) in [5, 5.41) is -0.125. The van der Waals surface area contributed by atoms with E-state index in [1.807, 2.05) is 0 Å². The molecule has 19 heavy (non-hydrogen) atoms. The van der Waals surface area contributed by atoms with Gasteiger partial charge in [-0.3, -0.25) is 14.4 Å². The molecule has 0 aliphatic carbocycles. The molecule has 1 rings (SSSR count). The van der Waals surface area contributed by atoms with Crippen LogP contribution in [0.4, 0.5) is 0 Å². The minimum atomic E-state index is -0.417. The first-order valence-electron chi connectivity index (χ1n) is 5.98. The Balaban J connectivity index is 2.58. The van der Waals surface area contributed by atoms with E-state index in [1.54, 1.807) is 0 Å². The maximum Gasteiger partial charge on any atom is 0.302 e. The number of hydrogen-bond donors (Lipinski definition) is 0. The predicted octanol–water partition coefficient (Wildman–Crippen LogP) is 0.918. The molecule has 0 aromatic rings. The van der Waals surface area contributed by atoms with Gasteiger partial charge >= 0.3 is 17.9 Å². The Morgan fingerprint density at radius 2 is 1.68 bits per heavy atom. The van der Waals surface area contributed by atoms with Crippen molar-refractivity contribution in [2.24, 2.45) is 0 Å². The van der Waals surface area contributed by atoms with Gasteiger partial charge in [0.25, 0.3) is 0 Å². The minimum Gasteiger partial charge on any atom is -0.465 e. The van der Waals surface area contributed by atoms with Gasteiger partial charge in [-0.2, -0.15) is 0 Å². The van der Waals surface area contributed by atoms with E-state index in [4.69, 9.17) is 14.2 Å². The molecule has 0 aromatic carbocycles. The molecule has 3 atom stereocenters. The maximum atomic E-state index is 11.1. The molecule has 0 aromatic heterocycles. The van der Waals surface area contributed by atoms with Crippen molar-refractivity contribution in [2.75, 3.05) is 12.4 Å². The third-order valence-electron chi connectivity index (χ3n) is 2.51. The first-order chi connectivity index (χ1) is 8.88. The highest BCUT2D eigenvalue weighted by atomic mass is 32.2. The molecular formula is C12H18O6S. The van der Waals surface area contributed by atoms with Gasteiger partial charge in [-0.1, -0.05) is 0 Å². The maximum absolute atomic E-state index is 11.1. The Labute approximate surface area is 116 Å². The molecule has 1 fully saturated rings. The number of thioether (sulfide) groups is 1. The van der Waals surface area contributed by atoms with Crippen molar-refractivity contribution < 1.29 is 28.6 Å². The largest absolute Gasteiger partial charge is 0.465 e. The Bertz CT molecular complexity index is 356. The topological polar surface area (TPSA) is 78.9 Å². The van der Waals surface area contributed by atoms with Crippen LogP contribution >= 0.6 is 11.8 Å². The van der Waals surface area contributed by atoms with E-state index < -0.39 is 12.1 Å². The monoisotopic (exact) mass is 290 g/mol. The van der Waals surface area contributed by atoms with Crippen LogP contribution in [0.1, 0.15) is 27.2 Å². The van der Waals surface area contributed by atoms with Crippen LogP contribution in [0.2, 0.25) is 0 Å². The summed E-state index contributed by atoms with van der Waals surface area (Å²) < 4.78 is 15.3. The third kappa shape index (κ3) is 5.96. The van der Waals surface area contributed by atoms with Gasteiger partial charge in [-0.05, 0) is 0 Å². The lowest BCUT2D eigenvalue weighted by molar-refractivity contribution is -0.153. The fourth-order valence-corrected chi connectivity index (χ4v) is 3.04. The van der Waals surface area contributed by atoms with Gasteiger partial charge in [0.15, 0.2) is 0 Å². The van der Waals surface area contributed by atoms with Gasteiger partial charge in [0.2, 0.25) is 0 Å². The molecule has 108 valence electrons. The Kier molecular flexibility index (Phi) is 6.14. The van der Waals surface area contributed by atoms with Crippen molar-refractivity contribution in [2.45, 2.75) is 44.6 Å². The summed E-state index contributed by atoms with van der Waals surface area (Å²) in [6.45, 7) is 4.18. The number of rotatable bonds is 4. The molecule has 1 heterocycles. The van der Waals surface area contributed by atoms with Crippen molar-refractivity contribution in [3.8, 4) is 0 Å². The summed E-state index contributed by atoms with van der Waals surface area (Å²) in [5.41, 5.74) is 0. The summed E-state index contributed by atoms with van der Waals surface area (Å²) in [7, 11) is 0. The van der Waals surface area contributed by atoms with Crippen molar-refractivity contribution >= 4 is 29.7 Å². The number of esters is 3. The van der Waals surface area contributed by atoms with Crippen LogP contribution in [0.5, 0.6) is 0 Å². The summed E-state index contributed by atoms with van der Waals surface area (Å²) >= 11 is 1.47. The quantitative estimate of drug-likeness (QED) is 0.562. The van der Waals surface area contributed by atoms with E-state index in [0.717, 1.165) is 0 Å². The highest BCUT2D eigenvalue weighted by molar-refractivity contribution is 8.00. The summed E-state index contributed by atoms with van der Waals surface area (Å²) in [5.74, 6) is -0.527. The number of ether oxygens (including phenoxy) is 3. The lowest BCUT2D eigenvalue weighted by Crippen LogP contribution is -2.42. The van der Waals surface area contributed by atoms with Crippen molar-refractivity contribution in [3.63, 3.8) is 0 Å². The Morgan fingerprint density at radius 1 is 1.05 bits per heavy atom. The van der Waals surface area contributed by atoms with Gasteiger partial charge in [-0.25, -0.2) is 0 Å². The smallest absolute Gasteiger partial charge is 0.302 e. The van der Waals surface area contributed by atoms with E-state index in [0.29, 0.717) is 12.2 Å². The number of hydrogen-bond acceptors (Lipinski definition) is 7. The van der Waals surface area contributed by atoms with E-state index in [9.17, 15) is 14.4 Å². The zero-order valence-electron chi connectivity index (χ0n) is 11.2. The van der Waals surface area contributed by atoms with Crippen LogP contribution in [0.3, 0.4) is 0 Å². The second-order valence-electron chi connectivity index (χ2n) is 4.29. The van der Waals surface area contributed by atoms with E-state index in [-0.39, 0.29) is 29.9 Å². The van der Waals surface area contributed by atoms with Gasteiger partial charge in [0, 0.05) is 32.9 Å². The molecule has 6 nitrogen and oxygen atoms in total. The van der Waals surface area contributed by atoms with Gasteiger partial charge in [-0.15, -0.1) is 11.8 Å². The number of carbonyl (C=O) groups excluding carboxylic acids is 3. The molecule has 0 spiro atoms. The lowest BCUT2D eigenvalue weighted by Gasteiger charge is -2.34. The summed E-state index contributed by atoms with van der Waals surface area (Å²) in [6.07, 6.45) is -0.265. The van der Waals surface area contributed by atoms with Crippen LogP contribution in [-0.4, -0.2) is 47.7 Å². The molecule has 0 radical (unpaired) electrons. The van der Waals surface area contributed by atoms with Crippen molar-refractivity contribution in [1.82, 2.24) is 0 Å². The average molecular weight is 290 g/mol. The van der Waals surface area contributed by atoms with Crippen LogP contribution in [-0.2, 0) is 28.6 Å². The van der Waals surface area contributed by atoms with E-state index in [1.165, 1.54) is 32.5 Å². The second kappa shape index (κ2) is 7.37. The van der Waals surface area contributed by atoms with Crippen LogP contribution < -0.4 is 0 Å². The zero-order chi connectivity index (χ0) is 14.4. The molecule has 1 aliphatic heterocycles. The molecule has 0 amide bonds. The Morgan fingerprint density at radius 3 is 2.21 bits per heavy atom. The SMILES string of the molecule is CC(=O)OC[C@H]1SC[C@H](OC(C)=O)C[C@H]1OC(C)=O. The van der Waals surface area contributed by atoms with E-state index in [2.05, 4.69) is 0 Å². The molecule has 0 N–H and O–H groups in total. The summed E-state index contributed by atoms with van der Waals surface area (Å²) in [4.78, 5) is 32.8. The predicted molar refractivity (Wildman–Crippen MR) is 68.6 cm³/mol. The normalized spacial score (nSPS) is 26.4. The second-order valence-corrected chi connectivity index (χ2v) is 5.56. The van der Waals surface area contributed by atoms with Gasteiger partial charge in [0.1, 0.15) is 18.8 Å². The molecule has 7 heteroatoms. The van der Waals surface area contributed by atoms with Crippen LogP contribution in [0.25, 0.3) is 0 Å². The fourth-order valence-electron chi connectivity index (χ4n) is 1.83. The Hall–Kier alpha value is -1.24. The van der Waals surface area contributed by atoms with Crippen LogP contribution in [0.15, 0.2) is 0 Å². The highest BCUT2D eigenvalue weighted by Crippen LogP contribution is 2.30. The molecule has 0 saturated carbocycles. The molecule has 1 saturated heterocycles. The fraction of sp³-hybridized carbons (Fsp3) is 0.750. The number of carbonyl (C=O) groups is 3. The van der Waals surface area contributed by atoms with Crippen molar-refractivity contribution in [3.05, 3.63) is 0 Å². The standard InChI is InChI=1S/C12H18O6S/c1-7(13)16-5-12-11(18-9(3)15)4-10(6-19-12)17-8(2)14/h10-12H,4-6H2,1-3H3/t10-,11-,12-/m1/s1. The van der Waals surface area contributed by atoms with Crippen LogP contribution in [0, 0.1) is 0 Å². The van der Waals surface area contributed by atoms with Crippen molar-refractivity contribution in [1.29, 1.82) is 0 Å². The first-order valence-corrected chi connectivity index (χ1v) is 7.02. The lowest BCUT2D eigenvalue weighted by atomic mass is 10.1. The zero-order valence-corrected chi connectivity index (χ0v) is 12.0. The minimum absolute atomic E-state index is 0.125. The average Bonchev–Trinajstić information content (AvgIpc) is 2.26. The van der Waals surface area contributed by atoms with Gasteiger partial charge in [0.05, 0.1) is 5.25 Å². The first kappa shape index (κ1) is 15.8. The summed E-state index contributed by atoms with van der Waals surface area (Å²) in [6, 6.07) is 0. The molecule has 1 aliphatic rings. The molecular weight excluding hydrogens is 272 g/mol. The highest BCUT2D eigenvalue weighted by Gasteiger charge is 2.35. The molecule has 0 bridgehead atoms. The third-order valence-corrected chi connectivity index (χ3v) is 3.94. The molecule has 0 unspecified atom stereocenters.